The van der Waals surface area contributed by atoms with Gasteiger partial charge in [0.2, 0.25) is 6.41 Å². The first-order valence-corrected chi connectivity index (χ1v) is 5.19. The Bertz CT molecular complexity index is 515. The Labute approximate surface area is 87.5 Å². The van der Waals surface area contributed by atoms with E-state index in [1.165, 1.54) is 22.2 Å². The number of fused-ring (bicyclic) bond motifs is 3. The highest BCUT2D eigenvalue weighted by molar-refractivity contribution is 5.85. The van der Waals surface area contributed by atoms with Gasteiger partial charge in [0.15, 0.2) is 0 Å². The molecule has 0 aliphatic heterocycles. The minimum Gasteiger partial charge on any atom is -0.356 e. The van der Waals surface area contributed by atoms with Crippen LogP contribution in [0.25, 0.3) is 10.9 Å². The maximum atomic E-state index is 10.5. The molecule has 0 spiro atoms. The number of hydrogen-bond donors (Lipinski definition) is 2. The number of amides is 1. The predicted octanol–water partition coefficient (Wildman–Crippen LogP) is 1.90. The van der Waals surface area contributed by atoms with Crippen LogP contribution >= 0.6 is 0 Å². The zero-order valence-electron chi connectivity index (χ0n) is 8.29. The summed E-state index contributed by atoms with van der Waals surface area (Å²) in [4.78, 5) is 13.9. The first kappa shape index (κ1) is 8.53. The van der Waals surface area contributed by atoms with Crippen molar-refractivity contribution in [1.82, 2.24) is 10.3 Å². The highest BCUT2D eigenvalue weighted by Crippen LogP contribution is 2.35. The van der Waals surface area contributed by atoms with E-state index in [1.54, 1.807) is 0 Å². The van der Waals surface area contributed by atoms with Crippen LogP contribution in [0.15, 0.2) is 24.3 Å². The van der Waals surface area contributed by atoms with Crippen molar-refractivity contribution in [3.63, 3.8) is 0 Å². The lowest BCUT2D eigenvalue weighted by Gasteiger charge is -2.06. The Morgan fingerprint density at radius 1 is 1.40 bits per heavy atom. The molecule has 1 atom stereocenters. The van der Waals surface area contributed by atoms with Crippen molar-refractivity contribution in [1.29, 1.82) is 0 Å². The normalized spacial score (nSPS) is 19.1. The largest absolute Gasteiger partial charge is 0.356 e. The van der Waals surface area contributed by atoms with Crippen LogP contribution in [0.5, 0.6) is 0 Å². The van der Waals surface area contributed by atoms with Crippen LogP contribution in [-0.2, 0) is 11.2 Å². The van der Waals surface area contributed by atoms with Crippen LogP contribution in [0.2, 0.25) is 0 Å². The first-order valence-electron chi connectivity index (χ1n) is 5.19. The molecule has 3 rings (SSSR count). The van der Waals surface area contributed by atoms with E-state index < -0.39 is 0 Å². The molecule has 15 heavy (non-hydrogen) atoms. The summed E-state index contributed by atoms with van der Waals surface area (Å²) in [6.45, 7) is 0. The van der Waals surface area contributed by atoms with Crippen molar-refractivity contribution in [2.24, 2.45) is 0 Å². The average Bonchev–Trinajstić information content (AvgIpc) is 2.79. The third-order valence-electron chi connectivity index (χ3n) is 3.15. The molecule has 0 saturated heterocycles. The number of para-hydroxylation sites is 1. The summed E-state index contributed by atoms with van der Waals surface area (Å²) in [5.74, 6) is 0. The molecule has 2 N–H and O–H groups in total. The molecular formula is C12H12N2O. The molecule has 0 bridgehead atoms. The Morgan fingerprint density at radius 3 is 3.13 bits per heavy atom. The smallest absolute Gasteiger partial charge is 0.207 e. The fourth-order valence-corrected chi connectivity index (χ4v) is 2.47. The number of aryl methyl sites for hydroxylation is 1. The Kier molecular flexibility index (Phi) is 1.78. The van der Waals surface area contributed by atoms with Gasteiger partial charge in [-0.1, -0.05) is 18.2 Å². The Hall–Kier alpha value is -1.77. The Morgan fingerprint density at radius 2 is 2.27 bits per heavy atom. The summed E-state index contributed by atoms with van der Waals surface area (Å²) in [6.07, 6.45) is 2.83. The molecule has 1 aliphatic rings. The van der Waals surface area contributed by atoms with Crippen molar-refractivity contribution in [3.8, 4) is 0 Å². The van der Waals surface area contributed by atoms with E-state index in [-0.39, 0.29) is 6.04 Å². The van der Waals surface area contributed by atoms with E-state index in [9.17, 15) is 4.79 Å². The number of rotatable bonds is 2. The lowest BCUT2D eigenvalue weighted by Crippen LogP contribution is -2.17. The molecule has 1 aliphatic carbocycles. The minimum atomic E-state index is 0.171. The molecule has 76 valence electrons. The Balaban J connectivity index is 2.16. The second kappa shape index (κ2) is 3.12. The lowest BCUT2D eigenvalue weighted by molar-refractivity contribution is -0.110. The van der Waals surface area contributed by atoms with Crippen molar-refractivity contribution in [3.05, 3.63) is 35.5 Å². The number of aromatic nitrogens is 1. The number of H-pyrrole nitrogens is 1. The third-order valence-corrected chi connectivity index (χ3v) is 3.15. The molecule has 1 unspecified atom stereocenters. The number of benzene rings is 1. The predicted molar refractivity (Wildman–Crippen MR) is 58.6 cm³/mol. The molecular weight excluding hydrogens is 188 g/mol. The first-order chi connectivity index (χ1) is 7.40. The SMILES string of the molecule is O=CNC1CCc2c1[nH]c1ccccc21. The molecule has 0 saturated carbocycles. The molecule has 1 aromatic heterocycles. The highest BCUT2D eigenvalue weighted by atomic mass is 16.1. The van der Waals surface area contributed by atoms with E-state index in [1.807, 2.05) is 6.07 Å². The van der Waals surface area contributed by atoms with Gasteiger partial charge < -0.3 is 10.3 Å². The average molecular weight is 200 g/mol. The van der Waals surface area contributed by atoms with Gasteiger partial charge in [-0.05, 0) is 24.5 Å². The fourth-order valence-electron chi connectivity index (χ4n) is 2.47. The second-order valence-electron chi connectivity index (χ2n) is 3.94. The number of carbonyl (C=O) groups excluding carboxylic acids is 1. The van der Waals surface area contributed by atoms with Gasteiger partial charge in [0, 0.05) is 16.6 Å². The fraction of sp³-hybridized carbons (Fsp3) is 0.250. The number of nitrogens with one attached hydrogen (secondary N) is 2. The summed E-state index contributed by atoms with van der Waals surface area (Å²) in [5, 5.41) is 4.14. The lowest BCUT2D eigenvalue weighted by atomic mass is 10.1. The number of aromatic amines is 1. The molecule has 1 amide bonds. The summed E-state index contributed by atoms with van der Waals surface area (Å²) >= 11 is 0. The zero-order valence-corrected chi connectivity index (χ0v) is 8.29. The van der Waals surface area contributed by atoms with Gasteiger partial charge in [0.1, 0.15) is 0 Å². The zero-order chi connectivity index (χ0) is 10.3. The van der Waals surface area contributed by atoms with E-state index in [2.05, 4.69) is 28.5 Å². The van der Waals surface area contributed by atoms with Crippen LogP contribution in [0.4, 0.5) is 0 Å². The molecule has 0 radical (unpaired) electrons. The molecule has 2 aromatic rings. The standard InChI is InChI=1S/C12H12N2O/c15-7-13-11-6-5-9-8-3-1-2-4-10(8)14-12(9)11/h1-4,7,11,14H,5-6H2,(H,13,15). The van der Waals surface area contributed by atoms with Gasteiger partial charge in [-0.3, -0.25) is 4.79 Å². The van der Waals surface area contributed by atoms with Crippen LogP contribution in [-0.4, -0.2) is 11.4 Å². The van der Waals surface area contributed by atoms with E-state index in [0.29, 0.717) is 0 Å². The number of hydrogen-bond acceptors (Lipinski definition) is 1. The van der Waals surface area contributed by atoms with Crippen molar-refractivity contribution in [2.75, 3.05) is 0 Å². The van der Waals surface area contributed by atoms with E-state index in [4.69, 9.17) is 0 Å². The van der Waals surface area contributed by atoms with Crippen molar-refractivity contribution in [2.45, 2.75) is 18.9 Å². The third kappa shape index (κ3) is 1.16. The topological polar surface area (TPSA) is 44.9 Å². The van der Waals surface area contributed by atoms with E-state index in [0.717, 1.165) is 19.3 Å². The highest BCUT2D eigenvalue weighted by Gasteiger charge is 2.25. The summed E-state index contributed by atoms with van der Waals surface area (Å²) in [5.41, 5.74) is 3.72. The molecule has 1 heterocycles. The van der Waals surface area contributed by atoms with Gasteiger partial charge in [0.05, 0.1) is 6.04 Å². The summed E-state index contributed by atoms with van der Waals surface area (Å²) < 4.78 is 0. The van der Waals surface area contributed by atoms with Crippen LogP contribution in [0, 0.1) is 0 Å². The van der Waals surface area contributed by atoms with E-state index >= 15 is 0 Å². The van der Waals surface area contributed by atoms with Gasteiger partial charge >= 0.3 is 0 Å². The quantitative estimate of drug-likeness (QED) is 0.714. The maximum absolute atomic E-state index is 10.5. The van der Waals surface area contributed by atoms with Crippen LogP contribution in [0.3, 0.4) is 0 Å². The minimum absolute atomic E-state index is 0.171. The molecule has 0 fully saturated rings. The van der Waals surface area contributed by atoms with Gasteiger partial charge in [-0.2, -0.15) is 0 Å². The number of carbonyl (C=O) groups is 1. The molecule has 3 heteroatoms. The second-order valence-corrected chi connectivity index (χ2v) is 3.94. The molecule has 1 aromatic carbocycles. The van der Waals surface area contributed by atoms with Gasteiger partial charge in [-0.25, -0.2) is 0 Å². The summed E-state index contributed by atoms with van der Waals surface area (Å²) in [7, 11) is 0. The monoisotopic (exact) mass is 200 g/mol. The van der Waals surface area contributed by atoms with Crippen LogP contribution in [0.1, 0.15) is 23.7 Å². The van der Waals surface area contributed by atoms with Crippen LogP contribution < -0.4 is 5.32 Å². The van der Waals surface area contributed by atoms with Gasteiger partial charge in [0.25, 0.3) is 0 Å². The van der Waals surface area contributed by atoms with Gasteiger partial charge in [-0.15, -0.1) is 0 Å². The van der Waals surface area contributed by atoms with Crippen molar-refractivity contribution < 1.29 is 4.79 Å². The molecule has 3 nitrogen and oxygen atoms in total. The summed E-state index contributed by atoms with van der Waals surface area (Å²) in [6, 6.07) is 8.46. The maximum Gasteiger partial charge on any atom is 0.207 e. The van der Waals surface area contributed by atoms with Crippen molar-refractivity contribution >= 4 is 17.3 Å².